The van der Waals surface area contributed by atoms with E-state index in [0.717, 1.165) is 61.5 Å². The van der Waals surface area contributed by atoms with Gasteiger partial charge in [-0.1, -0.05) is 133 Å². The molecule has 0 aliphatic heterocycles. The lowest BCUT2D eigenvalue weighted by molar-refractivity contribution is 1.12. The van der Waals surface area contributed by atoms with Gasteiger partial charge in [-0.05, 0) is 72.8 Å². The molecular weight excluding hydrogens is 817 g/mol. The van der Waals surface area contributed by atoms with Gasteiger partial charge in [-0.25, -0.2) is 9.97 Å². The first-order chi connectivity index (χ1) is 31.7. The van der Waals surface area contributed by atoms with Crippen LogP contribution in [0.1, 0.15) is 0 Å². The van der Waals surface area contributed by atoms with E-state index in [1.807, 2.05) is 22.7 Å². The first kappa shape index (κ1) is 35.7. The summed E-state index contributed by atoms with van der Waals surface area (Å²) in [7, 11) is 0. The lowest BCUT2D eigenvalue weighted by Crippen LogP contribution is -2.02. The summed E-state index contributed by atoms with van der Waals surface area (Å²) in [5.41, 5.74) is 11.5. The number of aromatic nitrogens is 4. The van der Waals surface area contributed by atoms with Gasteiger partial charge in [0.1, 0.15) is 0 Å². The third-order valence-corrected chi connectivity index (χ3v) is 15.2. The second kappa shape index (κ2) is 13.8. The van der Waals surface area contributed by atoms with Crippen molar-refractivity contribution in [3.05, 3.63) is 206 Å². The van der Waals surface area contributed by atoms with Crippen LogP contribution >= 0.6 is 22.7 Å². The summed E-state index contributed by atoms with van der Waals surface area (Å²) in [6.45, 7) is 0. The maximum absolute atomic E-state index is 5.40. The molecule has 5 aromatic heterocycles. The molecule has 14 rings (SSSR count). The fraction of sp³-hybridized carbons (Fsp3) is 0. The van der Waals surface area contributed by atoms with Crippen LogP contribution in [-0.4, -0.2) is 19.1 Å². The van der Waals surface area contributed by atoms with E-state index in [0.29, 0.717) is 5.82 Å². The van der Waals surface area contributed by atoms with E-state index in [1.54, 1.807) is 0 Å². The highest BCUT2D eigenvalue weighted by Gasteiger charge is 2.23. The third-order valence-electron chi connectivity index (χ3n) is 12.9. The number of hydrogen-bond acceptors (Lipinski definition) is 4. The largest absolute Gasteiger partial charge is 0.309 e. The zero-order valence-corrected chi connectivity index (χ0v) is 35.9. The van der Waals surface area contributed by atoms with Gasteiger partial charge in [0, 0.05) is 90.0 Å². The summed E-state index contributed by atoms with van der Waals surface area (Å²) in [6.07, 6.45) is 0. The minimum Gasteiger partial charge on any atom is -0.309 e. The molecule has 0 aliphatic carbocycles. The Balaban J connectivity index is 1.12. The van der Waals surface area contributed by atoms with Crippen LogP contribution in [0.15, 0.2) is 206 Å². The molecule has 0 saturated carbocycles. The van der Waals surface area contributed by atoms with E-state index < -0.39 is 0 Å². The molecular formula is C58H34N4S2. The summed E-state index contributed by atoms with van der Waals surface area (Å²) in [5, 5.41) is 10.2. The van der Waals surface area contributed by atoms with E-state index in [1.165, 1.54) is 61.9 Å². The topological polar surface area (TPSA) is 35.6 Å². The second-order valence-electron chi connectivity index (χ2n) is 16.5. The highest BCUT2D eigenvalue weighted by Crippen LogP contribution is 2.46. The fourth-order valence-electron chi connectivity index (χ4n) is 10.2. The number of hydrogen-bond donors (Lipinski definition) is 0. The molecule has 0 aliphatic rings. The molecule has 14 aromatic rings. The van der Waals surface area contributed by atoms with Crippen molar-refractivity contribution < 1.29 is 0 Å². The van der Waals surface area contributed by atoms with E-state index in [-0.39, 0.29) is 0 Å². The molecule has 4 nitrogen and oxygen atoms in total. The zero-order valence-electron chi connectivity index (χ0n) is 34.2. The number of thiophene rings is 2. The molecule has 0 amide bonds. The van der Waals surface area contributed by atoms with Crippen LogP contribution in [0.5, 0.6) is 0 Å². The average Bonchev–Trinajstić information content (AvgIpc) is 4.12. The SMILES string of the molecule is c1ccc(-c2cc(-c3ccccc3)nc(-c3cc(-n4c5ccccc5c5c6c(ccc54)sc4ccccc46)cc(-n4c5ccccc5c5c6c(ccc54)sc4ccccc46)c3)n2)cc1. The quantitative estimate of drug-likeness (QED) is 0.173. The first-order valence-corrected chi connectivity index (χ1v) is 23.2. The summed E-state index contributed by atoms with van der Waals surface area (Å²) in [6, 6.07) is 74.6. The minimum absolute atomic E-state index is 0.669. The first-order valence-electron chi connectivity index (χ1n) is 21.6. The predicted octanol–water partition coefficient (Wildman–Crippen LogP) is 16.4. The van der Waals surface area contributed by atoms with E-state index in [2.05, 4.69) is 215 Å². The Morgan fingerprint density at radius 3 is 1.20 bits per heavy atom. The Morgan fingerprint density at radius 1 is 0.297 bits per heavy atom. The number of fused-ring (bicyclic) bond motifs is 14. The summed E-state index contributed by atoms with van der Waals surface area (Å²) in [4.78, 5) is 10.8. The van der Waals surface area contributed by atoms with Crippen LogP contribution in [0.4, 0.5) is 0 Å². The summed E-state index contributed by atoms with van der Waals surface area (Å²) in [5.74, 6) is 0.669. The maximum Gasteiger partial charge on any atom is 0.160 e. The molecule has 0 unspecified atom stereocenters. The molecule has 298 valence electrons. The van der Waals surface area contributed by atoms with Crippen molar-refractivity contribution in [3.8, 4) is 45.3 Å². The van der Waals surface area contributed by atoms with E-state index >= 15 is 0 Å². The molecule has 0 saturated heterocycles. The van der Waals surface area contributed by atoms with Crippen molar-refractivity contribution in [2.45, 2.75) is 0 Å². The van der Waals surface area contributed by atoms with Crippen LogP contribution in [0.3, 0.4) is 0 Å². The van der Waals surface area contributed by atoms with Crippen LogP contribution in [0.25, 0.3) is 129 Å². The molecule has 0 atom stereocenters. The fourth-order valence-corrected chi connectivity index (χ4v) is 12.4. The monoisotopic (exact) mass is 850 g/mol. The number of nitrogens with zero attached hydrogens (tertiary/aromatic N) is 4. The molecule has 64 heavy (non-hydrogen) atoms. The predicted molar refractivity (Wildman–Crippen MR) is 273 cm³/mol. The number of benzene rings is 9. The lowest BCUT2D eigenvalue weighted by Gasteiger charge is -2.16. The molecule has 5 heterocycles. The smallest absolute Gasteiger partial charge is 0.160 e. The van der Waals surface area contributed by atoms with Gasteiger partial charge >= 0.3 is 0 Å². The Bertz CT molecular complexity index is 3930. The number of rotatable bonds is 5. The van der Waals surface area contributed by atoms with Gasteiger partial charge in [0.05, 0.1) is 33.5 Å². The Hall–Kier alpha value is -7.90. The van der Waals surface area contributed by atoms with Gasteiger partial charge in [0.15, 0.2) is 5.82 Å². The summed E-state index contributed by atoms with van der Waals surface area (Å²) < 4.78 is 10.1. The van der Waals surface area contributed by atoms with E-state index in [9.17, 15) is 0 Å². The minimum atomic E-state index is 0.669. The van der Waals surface area contributed by atoms with Crippen molar-refractivity contribution in [1.29, 1.82) is 0 Å². The van der Waals surface area contributed by atoms with E-state index in [4.69, 9.17) is 9.97 Å². The molecule has 9 aromatic carbocycles. The standard InChI is InChI=1S/C58H34N4S2/c1-3-15-35(16-4-1)44-34-45(36-17-5-2-6-18-36)60-58(59-44)37-31-38(61-46-23-11-7-19-40(46)54-48(61)27-29-52-56(54)42-21-9-13-25-50(42)63-52)33-39(32-37)62-47-24-12-8-20-41(47)55-49(62)28-30-53-57(55)43-22-10-14-26-51(43)64-53/h1-34H. The van der Waals surface area contributed by atoms with Gasteiger partial charge in [-0.2, -0.15) is 0 Å². The van der Waals surface area contributed by atoms with Crippen molar-refractivity contribution >= 4 is 107 Å². The Morgan fingerprint density at radius 2 is 0.719 bits per heavy atom. The van der Waals surface area contributed by atoms with Crippen LogP contribution < -0.4 is 0 Å². The van der Waals surface area contributed by atoms with Crippen molar-refractivity contribution in [3.63, 3.8) is 0 Å². The van der Waals surface area contributed by atoms with Crippen molar-refractivity contribution in [2.24, 2.45) is 0 Å². The maximum atomic E-state index is 5.40. The molecule has 0 N–H and O–H groups in total. The van der Waals surface area contributed by atoms with Crippen LogP contribution in [0, 0.1) is 0 Å². The number of para-hydroxylation sites is 2. The average molecular weight is 851 g/mol. The molecule has 0 radical (unpaired) electrons. The van der Waals surface area contributed by atoms with Gasteiger partial charge < -0.3 is 9.13 Å². The van der Waals surface area contributed by atoms with Crippen LogP contribution in [0.2, 0.25) is 0 Å². The Labute approximate surface area is 375 Å². The molecule has 0 spiro atoms. The molecule has 0 bridgehead atoms. The van der Waals surface area contributed by atoms with Gasteiger partial charge in [-0.15, -0.1) is 22.7 Å². The lowest BCUT2D eigenvalue weighted by atomic mass is 10.1. The molecule has 0 fully saturated rings. The van der Waals surface area contributed by atoms with Gasteiger partial charge in [-0.3, -0.25) is 0 Å². The highest BCUT2D eigenvalue weighted by molar-refractivity contribution is 7.26. The van der Waals surface area contributed by atoms with Gasteiger partial charge in [0.25, 0.3) is 0 Å². The third kappa shape index (κ3) is 5.27. The zero-order chi connectivity index (χ0) is 41.9. The Kier molecular flexibility index (Phi) is 7.69. The van der Waals surface area contributed by atoms with Crippen LogP contribution in [-0.2, 0) is 0 Å². The second-order valence-corrected chi connectivity index (χ2v) is 18.7. The summed E-state index contributed by atoms with van der Waals surface area (Å²) >= 11 is 3.73. The highest BCUT2D eigenvalue weighted by atomic mass is 32.1. The van der Waals surface area contributed by atoms with Crippen molar-refractivity contribution in [2.75, 3.05) is 0 Å². The molecule has 6 heteroatoms. The van der Waals surface area contributed by atoms with Crippen molar-refractivity contribution in [1.82, 2.24) is 19.1 Å². The van der Waals surface area contributed by atoms with Gasteiger partial charge in [0.2, 0.25) is 0 Å². The normalized spacial score (nSPS) is 12.1.